The molecule has 0 saturated heterocycles. The van der Waals surface area contributed by atoms with Crippen molar-refractivity contribution in [2.45, 2.75) is 174 Å². The summed E-state index contributed by atoms with van der Waals surface area (Å²) in [5, 5.41) is 12.6. The summed E-state index contributed by atoms with van der Waals surface area (Å²) in [4.78, 5) is 52.0. The van der Waals surface area contributed by atoms with Gasteiger partial charge in [-0.25, -0.2) is 0 Å². The van der Waals surface area contributed by atoms with Gasteiger partial charge in [0.05, 0.1) is 12.5 Å². The van der Waals surface area contributed by atoms with Crippen molar-refractivity contribution >= 4 is 23.4 Å². The van der Waals surface area contributed by atoms with E-state index in [1.165, 1.54) is 96.3 Å². The Bertz CT molecular complexity index is 1210. The minimum absolute atomic E-state index is 0.113. The molecule has 2 N–H and O–H groups in total. The van der Waals surface area contributed by atoms with E-state index in [-0.39, 0.29) is 23.9 Å². The highest BCUT2D eigenvalue weighted by molar-refractivity contribution is 6.10. The normalized spacial score (nSPS) is 12.4. The zero-order valence-corrected chi connectivity index (χ0v) is 31.4. The number of ketones is 2. The second-order valence-electron chi connectivity index (χ2n) is 14.3. The molecule has 0 aliphatic rings. The standard InChI is InChI=1S/C44H67NO5/c1-3-5-7-9-11-13-14-15-17-18-20-23-29-39(35-41(46)47)44(50)45-40(30-26-21-19-16-12-10-8-6-4-2)43(49)38-33-31-37(32-34-38)42(48)36-27-24-22-25-28-36/h22,24-25,27-28,31-34,39-40H,3-21,23,26,29-30,35H2,1-2H3,(H,45,50)(H,46,47). The lowest BCUT2D eigenvalue weighted by molar-refractivity contribution is -0.141. The summed E-state index contributed by atoms with van der Waals surface area (Å²) in [5.41, 5.74) is 1.52. The molecule has 0 aromatic heterocycles. The smallest absolute Gasteiger partial charge is 0.304 e. The lowest BCUT2D eigenvalue weighted by Crippen LogP contribution is -2.44. The van der Waals surface area contributed by atoms with Crippen molar-refractivity contribution in [3.8, 4) is 0 Å². The van der Waals surface area contributed by atoms with E-state index >= 15 is 0 Å². The Morgan fingerprint density at radius 3 is 1.38 bits per heavy atom. The molecule has 6 heteroatoms. The fourth-order valence-corrected chi connectivity index (χ4v) is 6.73. The number of rotatable bonds is 31. The maximum atomic E-state index is 13.8. The number of benzene rings is 2. The van der Waals surface area contributed by atoms with Crippen LogP contribution < -0.4 is 5.32 Å². The van der Waals surface area contributed by atoms with Crippen LogP contribution >= 0.6 is 0 Å². The topological polar surface area (TPSA) is 101 Å². The summed E-state index contributed by atoms with van der Waals surface area (Å²) < 4.78 is 0. The van der Waals surface area contributed by atoms with Crippen LogP contribution in [0.5, 0.6) is 0 Å². The second kappa shape index (κ2) is 27.4. The molecule has 0 heterocycles. The van der Waals surface area contributed by atoms with E-state index in [0.717, 1.165) is 38.5 Å². The van der Waals surface area contributed by atoms with Crippen LogP contribution in [-0.4, -0.2) is 34.6 Å². The number of carbonyl (C=O) groups is 4. The summed E-state index contributed by atoms with van der Waals surface area (Å²) in [7, 11) is 0. The molecule has 2 atom stereocenters. The molecule has 0 fully saturated rings. The van der Waals surface area contributed by atoms with Crippen LogP contribution in [0.3, 0.4) is 0 Å². The van der Waals surface area contributed by atoms with E-state index in [4.69, 9.17) is 0 Å². The molecule has 0 bridgehead atoms. The summed E-state index contributed by atoms with van der Waals surface area (Å²) in [6, 6.07) is 15.0. The van der Waals surface area contributed by atoms with Gasteiger partial charge in [0.15, 0.2) is 11.6 Å². The van der Waals surface area contributed by atoms with Crippen molar-refractivity contribution in [2.24, 2.45) is 5.92 Å². The molecule has 2 unspecified atom stereocenters. The van der Waals surface area contributed by atoms with Gasteiger partial charge < -0.3 is 10.4 Å². The third-order valence-electron chi connectivity index (χ3n) is 9.89. The maximum absolute atomic E-state index is 13.8. The van der Waals surface area contributed by atoms with Gasteiger partial charge in [-0.15, -0.1) is 0 Å². The molecule has 1 amide bonds. The van der Waals surface area contributed by atoms with Crippen LogP contribution in [0.2, 0.25) is 0 Å². The molecule has 0 aliphatic heterocycles. The SMILES string of the molecule is CCCCCCCCCCCCCCC(CC(=O)O)C(=O)NC(CCCCCCCCCCC)C(=O)c1ccc(C(=O)c2ccccc2)cc1. The first-order valence-corrected chi connectivity index (χ1v) is 20.1. The molecule has 0 radical (unpaired) electrons. The van der Waals surface area contributed by atoms with Crippen molar-refractivity contribution in [1.29, 1.82) is 0 Å². The number of hydrogen-bond acceptors (Lipinski definition) is 4. The predicted molar refractivity (Wildman–Crippen MR) is 206 cm³/mol. The van der Waals surface area contributed by atoms with Gasteiger partial charge in [-0.2, -0.15) is 0 Å². The summed E-state index contributed by atoms with van der Waals surface area (Å²) in [6.45, 7) is 4.46. The molecule has 2 aromatic rings. The third-order valence-corrected chi connectivity index (χ3v) is 9.89. The highest BCUT2D eigenvalue weighted by Gasteiger charge is 2.27. The van der Waals surface area contributed by atoms with Crippen LogP contribution in [0.1, 0.15) is 194 Å². The molecule has 0 saturated carbocycles. The average molecular weight is 690 g/mol. The highest BCUT2D eigenvalue weighted by atomic mass is 16.4. The maximum Gasteiger partial charge on any atom is 0.304 e. The molecular weight excluding hydrogens is 622 g/mol. The van der Waals surface area contributed by atoms with Gasteiger partial charge in [0.1, 0.15) is 0 Å². The quantitative estimate of drug-likeness (QED) is 0.0606. The Kier molecular flexibility index (Phi) is 23.5. The van der Waals surface area contributed by atoms with Gasteiger partial charge in [-0.1, -0.05) is 203 Å². The van der Waals surface area contributed by atoms with Gasteiger partial charge in [0, 0.05) is 22.6 Å². The van der Waals surface area contributed by atoms with E-state index in [1.54, 1.807) is 36.4 Å². The van der Waals surface area contributed by atoms with Crippen molar-refractivity contribution < 1.29 is 24.3 Å². The minimum Gasteiger partial charge on any atom is -0.481 e. The van der Waals surface area contributed by atoms with E-state index in [0.29, 0.717) is 29.5 Å². The van der Waals surface area contributed by atoms with Crippen LogP contribution in [0.4, 0.5) is 0 Å². The Morgan fingerprint density at radius 1 is 0.520 bits per heavy atom. The number of Topliss-reactive ketones (excluding diaryl/α,β-unsaturated/α-hetero) is 1. The van der Waals surface area contributed by atoms with Crippen molar-refractivity contribution in [3.63, 3.8) is 0 Å². The third kappa shape index (κ3) is 18.6. The van der Waals surface area contributed by atoms with E-state index in [9.17, 15) is 24.3 Å². The molecule has 2 aromatic carbocycles. The predicted octanol–water partition coefficient (Wildman–Crippen LogP) is 11.7. The van der Waals surface area contributed by atoms with Crippen LogP contribution in [0.25, 0.3) is 0 Å². The summed E-state index contributed by atoms with van der Waals surface area (Å²) in [5.74, 6) is -2.32. The Labute approximate surface area is 303 Å². The molecule has 6 nitrogen and oxygen atoms in total. The van der Waals surface area contributed by atoms with Gasteiger partial charge in [0.25, 0.3) is 0 Å². The second-order valence-corrected chi connectivity index (χ2v) is 14.3. The van der Waals surface area contributed by atoms with E-state index in [2.05, 4.69) is 19.2 Å². The molecule has 2 rings (SSSR count). The largest absolute Gasteiger partial charge is 0.481 e. The lowest BCUT2D eigenvalue weighted by atomic mass is 9.93. The Hall–Kier alpha value is -3.28. The van der Waals surface area contributed by atoms with Crippen molar-refractivity contribution in [3.05, 3.63) is 71.3 Å². The zero-order valence-electron chi connectivity index (χ0n) is 31.4. The number of unbranched alkanes of at least 4 members (excludes halogenated alkanes) is 19. The zero-order chi connectivity index (χ0) is 36.2. The molecule has 0 aliphatic carbocycles. The number of nitrogens with one attached hydrogen (secondary N) is 1. The fourth-order valence-electron chi connectivity index (χ4n) is 6.73. The van der Waals surface area contributed by atoms with Gasteiger partial charge in [-0.05, 0) is 12.8 Å². The van der Waals surface area contributed by atoms with Crippen LogP contribution in [-0.2, 0) is 9.59 Å². The van der Waals surface area contributed by atoms with Gasteiger partial charge >= 0.3 is 5.97 Å². The number of hydrogen-bond donors (Lipinski definition) is 2. The number of carbonyl (C=O) groups excluding carboxylic acids is 3. The number of aliphatic carboxylic acids is 1. The monoisotopic (exact) mass is 690 g/mol. The Morgan fingerprint density at radius 2 is 0.920 bits per heavy atom. The fraction of sp³-hybridized carbons (Fsp3) is 0.636. The first-order valence-electron chi connectivity index (χ1n) is 20.1. The number of carboxylic acids is 1. The first kappa shape index (κ1) is 42.9. The van der Waals surface area contributed by atoms with Crippen LogP contribution in [0.15, 0.2) is 54.6 Å². The van der Waals surface area contributed by atoms with Gasteiger partial charge in [0.2, 0.25) is 5.91 Å². The molecule has 278 valence electrons. The van der Waals surface area contributed by atoms with E-state index in [1.807, 2.05) is 18.2 Å². The number of carboxylic acid groups (broad SMARTS) is 1. The number of amides is 1. The summed E-state index contributed by atoms with van der Waals surface area (Å²) in [6.07, 6.45) is 25.6. The van der Waals surface area contributed by atoms with E-state index < -0.39 is 17.9 Å². The minimum atomic E-state index is -0.996. The average Bonchev–Trinajstić information content (AvgIpc) is 3.13. The lowest BCUT2D eigenvalue weighted by Gasteiger charge is -2.22. The van der Waals surface area contributed by atoms with Crippen molar-refractivity contribution in [1.82, 2.24) is 5.32 Å². The first-order chi connectivity index (χ1) is 24.4. The molecular formula is C44H67NO5. The van der Waals surface area contributed by atoms with Crippen molar-refractivity contribution in [2.75, 3.05) is 0 Å². The van der Waals surface area contributed by atoms with Crippen LogP contribution in [0, 0.1) is 5.92 Å². The molecule has 0 spiro atoms. The summed E-state index contributed by atoms with van der Waals surface area (Å²) >= 11 is 0. The van der Waals surface area contributed by atoms with Gasteiger partial charge in [-0.3, -0.25) is 19.2 Å². The highest BCUT2D eigenvalue weighted by Crippen LogP contribution is 2.20. The Balaban J connectivity index is 1.95. The molecule has 50 heavy (non-hydrogen) atoms.